The number of hydrogen-bond acceptors (Lipinski definition) is 0. The minimum absolute atomic E-state index is 0.812. The van der Waals surface area contributed by atoms with E-state index in [9.17, 15) is 0 Å². The van der Waals surface area contributed by atoms with Gasteiger partial charge in [0, 0.05) is 0 Å². The molecular weight excluding hydrogens is 396 g/mol. The van der Waals surface area contributed by atoms with Crippen molar-refractivity contribution < 1.29 is 0 Å². The Morgan fingerprint density at radius 2 is 1.67 bits per heavy atom. The van der Waals surface area contributed by atoms with Crippen LogP contribution >= 0.6 is 0 Å². The average molecular weight is 445 g/mol. The van der Waals surface area contributed by atoms with Gasteiger partial charge >= 0.3 is 0 Å². The molecule has 0 heterocycles. The third-order valence-electron chi connectivity index (χ3n) is 6.34. The quantitative estimate of drug-likeness (QED) is 0.405. The molecule has 0 amide bonds. The second kappa shape index (κ2) is 14.7. The van der Waals surface area contributed by atoms with Gasteiger partial charge in [0.05, 0.1) is 0 Å². The molecule has 0 saturated carbocycles. The van der Waals surface area contributed by atoms with Crippen LogP contribution in [0.5, 0.6) is 0 Å². The molecule has 0 aliphatic heterocycles. The maximum atomic E-state index is 3.91. The van der Waals surface area contributed by atoms with Crippen molar-refractivity contribution in [1.82, 2.24) is 0 Å². The summed E-state index contributed by atoms with van der Waals surface area (Å²) < 4.78 is 0. The summed E-state index contributed by atoms with van der Waals surface area (Å²) in [5.74, 6) is 1.73. The van der Waals surface area contributed by atoms with Crippen molar-refractivity contribution in [3.8, 4) is 0 Å². The van der Waals surface area contributed by atoms with E-state index in [0.29, 0.717) is 0 Å². The van der Waals surface area contributed by atoms with Crippen LogP contribution in [0.2, 0.25) is 0 Å². The van der Waals surface area contributed by atoms with E-state index in [-0.39, 0.29) is 0 Å². The molecule has 0 fully saturated rings. The molecule has 4 aliphatic rings. The maximum absolute atomic E-state index is 3.91. The zero-order chi connectivity index (χ0) is 25.0. The highest BCUT2D eigenvalue weighted by atomic mass is 14.4. The minimum Gasteiger partial charge on any atom is -0.0958 e. The summed E-state index contributed by atoms with van der Waals surface area (Å²) >= 11 is 0. The Balaban J connectivity index is 0.000000243. The summed E-state index contributed by atoms with van der Waals surface area (Å²) in [5, 5.41) is 0. The number of allylic oxidation sites excluding steroid dienone is 10. The van der Waals surface area contributed by atoms with Crippen molar-refractivity contribution in [2.24, 2.45) is 0 Å². The predicted octanol–water partition coefficient (Wildman–Crippen LogP) is 10.6. The molecule has 0 aromatic heterocycles. The van der Waals surface area contributed by atoms with Crippen LogP contribution in [0.3, 0.4) is 0 Å². The van der Waals surface area contributed by atoms with E-state index in [1.54, 1.807) is 16.7 Å². The van der Waals surface area contributed by atoms with E-state index in [1.807, 2.05) is 20.8 Å². The smallest absolute Gasteiger partial charge is 0.00919 e. The lowest BCUT2D eigenvalue weighted by Gasteiger charge is -2.29. The maximum Gasteiger partial charge on any atom is -0.00919 e. The van der Waals surface area contributed by atoms with Gasteiger partial charge in [0.15, 0.2) is 0 Å². The molecule has 1 aromatic rings. The molecule has 4 bridgehead atoms. The van der Waals surface area contributed by atoms with E-state index < -0.39 is 0 Å². The van der Waals surface area contributed by atoms with Gasteiger partial charge in [-0.1, -0.05) is 112 Å². The summed E-state index contributed by atoms with van der Waals surface area (Å²) in [6.07, 6.45) is 16.9. The first-order valence-electron chi connectivity index (χ1n) is 12.9. The number of benzene rings is 1. The van der Waals surface area contributed by atoms with Crippen molar-refractivity contribution in [2.75, 3.05) is 0 Å². The normalized spacial score (nSPS) is 19.0. The molecule has 180 valence electrons. The van der Waals surface area contributed by atoms with Crippen molar-refractivity contribution in [1.29, 1.82) is 0 Å². The molecule has 0 spiro atoms. The summed E-state index contributed by atoms with van der Waals surface area (Å²) in [6, 6.07) is 6.89. The van der Waals surface area contributed by atoms with Crippen LogP contribution in [0.25, 0.3) is 0 Å². The number of rotatable bonds is 4. The van der Waals surface area contributed by atoms with Gasteiger partial charge in [-0.3, -0.25) is 0 Å². The highest BCUT2D eigenvalue weighted by Gasteiger charge is 2.32. The van der Waals surface area contributed by atoms with Crippen molar-refractivity contribution in [3.05, 3.63) is 106 Å². The van der Waals surface area contributed by atoms with E-state index in [1.165, 1.54) is 47.1 Å². The summed E-state index contributed by atoms with van der Waals surface area (Å²) in [7, 11) is 0. The van der Waals surface area contributed by atoms with Crippen LogP contribution in [0, 0.1) is 0 Å². The molecule has 5 rings (SSSR count). The molecule has 33 heavy (non-hydrogen) atoms. The lowest BCUT2D eigenvalue weighted by molar-refractivity contribution is 0.546. The monoisotopic (exact) mass is 444 g/mol. The molecule has 2 unspecified atom stereocenters. The molecule has 0 radical (unpaired) electrons. The van der Waals surface area contributed by atoms with E-state index in [2.05, 4.69) is 96.4 Å². The van der Waals surface area contributed by atoms with Gasteiger partial charge in [0.2, 0.25) is 0 Å². The Labute approximate surface area is 205 Å². The number of hydrogen-bond donors (Lipinski definition) is 0. The lowest BCUT2D eigenvalue weighted by atomic mass is 9.76. The van der Waals surface area contributed by atoms with Gasteiger partial charge in [-0.05, 0) is 93.9 Å². The fraction of sp³-hybridized carbons (Fsp3) is 0.455. The Morgan fingerprint density at radius 3 is 2.18 bits per heavy atom. The van der Waals surface area contributed by atoms with Crippen molar-refractivity contribution >= 4 is 0 Å². The Kier molecular flexibility index (Phi) is 12.8. The highest BCUT2D eigenvalue weighted by Crippen LogP contribution is 2.47. The summed E-state index contributed by atoms with van der Waals surface area (Å²) in [4.78, 5) is 0. The summed E-state index contributed by atoms with van der Waals surface area (Å²) in [6.45, 7) is 24.6. The molecule has 0 saturated heterocycles. The predicted molar refractivity (Wildman–Crippen MR) is 151 cm³/mol. The minimum atomic E-state index is 0.812. The first kappa shape index (κ1) is 28.7. The van der Waals surface area contributed by atoms with Crippen molar-refractivity contribution in [3.63, 3.8) is 0 Å². The lowest BCUT2D eigenvalue weighted by Crippen LogP contribution is -2.15. The molecule has 0 nitrogen and oxygen atoms in total. The largest absolute Gasteiger partial charge is 0.0958 e. The second-order valence-corrected chi connectivity index (χ2v) is 9.52. The van der Waals surface area contributed by atoms with Gasteiger partial charge in [0.1, 0.15) is 0 Å². The zero-order valence-corrected chi connectivity index (χ0v) is 22.7. The summed E-state index contributed by atoms with van der Waals surface area (Å²) in [5.41, 5.74) is 11.4. The Bertz CT molecular complexity index is 909. The topological polar surface area (TPSA) is 0 Å². The van der Waals surface area contributed by atoms with Gasteiger partial charge in [-0.25, -0.2) is 0 Å². The highest BCUT2D eigenvalue weighted by molar-refractivity contribution is 5.48. The molecule has 2 atom stereocenters. The fourth-order valence-corrected chi connectivity index (χ4v) is 4.48. The molecule has 4 aliphatic carbocycles. The molecular formula is C33H48. The van der Waals surface area contributed by atoms with Crippen LogP contribution in [0.15, 0.2) is 89.6 Å². The molecule has 0 N–H and O–H groups in total. The number of fused-ring (bicyclic) bond motifs is 2. The first-order valence-corrected chi connectivity index (χ1v) is 12.9. The molecule has 0 heteroatoms. The third-order valence-corrected chi connectivity index (χ3v) is 6.34. The second-order valence-electron chi connectivity index (χ2n) is 9.52. The third kappa shape index (κ3) is 9.20. The SMILES string of the molecule is C=C(/C=C(/C)C=C(C)C)CC.C=C(C)C1=CC=CC1.CC.CC1CCC2Cc3c1cccc32. The van der Waals surface area contributed by atoms with Crippen LogP contribution in [0.1, 0.15) is 110 Å². The van der Waals surface area contributed by atoms with E-state index >= 15 is 0 Å². The zero-order valence-electron chi connectivity index (χ0n) is 22.7. The standard InChI is InChI=1S/C12H14.C11H18.C8H10.C2H6/c1-8-5-6-9-7-12-10(8)3-2-4-11(9)12;1-6-10(4)8-11(5)7-9(2)3;1-7(2)8-5-3-4-6-8;1-2/h2-4,8-9H,5-7H2,1H3;7-8H,4,6H2,1-3,5H3;3-5H,1,6H2,2H3;1-2H3/b;11-8-;;. The Hall–Kier alpha value is -2.34. The average Bonchev–Trinajstić information content (AvgIpc) is 3.23. The van der Waals surface area contributed by atoms with Gasteiger partial charge < -0.3 is 0 Å². The van der Waals surface area contributed by atoms with E-state index in [0.717, 1.165) is 24.7 Å². The fourth-order valence-electron chi connectivity index (χ4n) is 4.48. The Morgan fingerprint density at radius 1 is 1.00 bits per heavy atom. The van der Waals surface area contributed by atoms with Gasteiger partial charge in [-0.15, -0.1) is 0 Å². The van der Waals surface area contributed by atoms with Crippen LogP contribution in [-0.4, -0.2) is 0 Å². The van der Waals surface area contributed by atoms with Crippen molar-refractivity contribution in [2.45, 2.75) is 99.3 Å². The van der Waals surface area contributed by atoms with Crippen LogP contribution < -0.4 is 0 Å². The van der Waals surface area contributed by atoms with Crippen LogP contribution in [-0.2, 0) is 6.42 Å². The molecule has 1 aromatic carbocycles. The van der Waals surface area contributed by atoms with Gasteiger partial charge in [0.25, 0.3) is 0 Å². The van der Waals surface area contributed by atoms with Crippen LogP contribution in [0.4, 0.5) is 0 Å². The van der Waals surface area contributed by atoms with E-state index in [4.69, 9.17) is 0 Å². The first-order chi connectivity index (χ1) is 15.7. The van der Waals surface area contributed by atoms with Gasteiger partial charge in [-0.2, -0.15) is 0 Å².